The predicted octanol–water partition coefficient (Wildman–Crippen LogP) is 2.23. The fourth-order valence-corrected chi connectivity index (χ4v) is 2.06. The summed E-state index contributed by atoms with van der Waals surface area (Å²) < 4.78 is 3.98. The molecule has 2 heterocycles. The highest BCUT2D eigenvalue weighted by Gasteiger charge is 2.09. The normalized spacial score (nSPS) is 13.1. The minimum atomic E-state index is -0.380. The van der Waals surface area contributed by atoms with Gasteiger partial charge in [-0.05, 0) is 24.0 Å². The molecule has 0 aromatic carbocycles. The van der Waals surface area contributed by atoms with E-state index in [1.165, 1.54) is 0 Å². The van der Waals surface area contributed by atoms with Crippen LogP contribution in [0.2, 0.25) is 0 Å². The lowest BCUT2D eigenvalue weighted by Crippen LogP contribution is -2.12. The van der Waals surface area contributed by atoms with E-state index in [9.17, 15) is 5.11 Å². The first-order valence-corrected chi connectivity index (χ1v) is 6.80. The van der Waals surface area contributed by atoms with Crippen molar-refractivity contribution < 1.29 is 5.11 Å². The molecule has 0 fully saturated rings. The Kier molecular flexibility index (Phi) is 4.37. The lowest BCUT2D eigenvalue weighted by atomic mass is 10.1. The summed E-state index contributed by atoms with van der Waals surface area (Å²) in [6.07, 6.45) is 5.90. The Morgan fingerprint density at radius 2 is 2.16 bits per heavy atom. The first-order valence-electron chi connectivity index (χ1n) is 6.80. The van der Waals surface area contributed by atoms with Gasteiger partial charge < -0.3 is 9.67 Å². The zero-order valence-corrected chi connectivity index (χ0v) is 11.8. The fourth-order valence-electron chi connectivity index (χ4n) is 2.06. The van der Waals surface area contributed by atoms with Gasteiger partial charge in [-0.2, -0.15) is 5.10 Å². The molecule has 0 bridgehead atoms. The zero-order valence-electron chi connectivity index (χ0n) is 11.8. The monoisotopic (exact) mass is 262 g/mol. The maximum absolute atomic E-state index is 9.80. The summed E-state index contributed by atoms with van der Waals surface area (Å²) in [5.41, 5.74) is 0.956. The van der Waals surface area contributed by atoms with Crippen molar-refractivity contribution in [2.24, 2.45) is 5.92 Å². The van der Waals surface area contributed by atoms with Crippen LogP contribution in [0.15, 0.2) is 24.8 Å². The Morgan fingerprint density at radius 3 is 2.84 bits per heavy atom. The summed E-state index contributed by atoms with van der Waals surface area (Å²) in [6, 6.07) is 1.96. The fraction of sp³-hybridized carbons (Fsp3) is 0.571. The van der Waals surface area contributed by atoms with E-state index >= 15 is 0 Å². The van der Waals surface area contributed by atoms with Crippen molar-refractivity contribution in [1.29, 1.82) is 0 Å². The SMILES string of the molecule is CCC(O)c1ccn(Cc2ncnn2CC(C)C)c1. The van der Waals surface area contributed by atoms with E-state index in [0.29, 0.717) is 12.5 Å². The van der Waals surface area contributed by atoms with E-state index in [2.05, 4.69) is 23.9 Å². The van der Waals surface area contributed by atoms with Gasteiger partial charge in [-0.25, -0.2) is 9.67 Å². The van der Waals surface area contributed by atoms with Crippen LogP contribution in [0.3, 0.4) is 0 Å². The van der Waals surface area contributed by atoms with E-state index in [4.69, 9.17) is 0 Å². The van der Waals surface area contributed by atoms with Crippen LogP contribution in [0.5, 0.6) is 0 Å². The summed E-state index contributed by atoms with van der Waals surface area (Å²) >= 11 is 0. The Hall–Kier alpha value is -1.62. The Morgan fingerprint density at radius 1 is 1.37 bits per heavy atom. The van der Waals surface area contributed by atoms with Crippen molar-refractivity contribution in [1.82, 2.24) is 19.3 Å². The van der Waals surface area contributed by atoms with Crippen molar-refractivity contribution in [3.05, 3.63) is 36.2 Å². The first kappa shape index (κ1) is 13.8. The molecule has 2 aromatic rings. The van der Waals surface area contributed by atoms with Gasteiger partial charge >= 0.3 is 0 Å². The molecule has 19 heavy (non-hydrogen) atoms. The van der Waals surface area contributed by atoms with Gasteiger partial charge in [0, 0.05) is 18.9 Å². The molecule has 104 valence electrons. The average Bonchev–Trinajstić information content (AvgIpc) is 2.99. The highest BCUT2D eigenvalue weighted by molar-refractivity contribution is 5.14. The van der Waals surface area contributed by atoms with E-state index in [0.717, 1.165) is 24.4 Å². The van der Waals surface area contributed by atoms with Crippen LogP contribution in [-0.2, 0) is 13.1 Å². The minimum absolute atomic E-state index is 0.380. The first-order chi connectivity index (χ1) is 9.10. The van der Waals surface area contributed by atoms with Crippen molar-refractivity contribution >= 4 is 0 Å². The molecule has 0 aliphatic rings. The number of hydrogen-bond acceptors (Lipinski definition) is 3. The summed E-state index contributed by atoms with van der Waals surface area (Å²) in [7, 11) is 0. The Bertz CT molecular complexity index is 515. The van der Waals surface area contributed by atoms with Crippen LogP contribution >= 0.6 is 0 Å². The quantitative estimate of drug-likeness (QED) is 0.868. The molecular weight excluding hydrogens is 240 g/mol. The molecule has 0 radical (unpaired) electrons. The van der Waals surface area contributed by atoms with Gasteiger partial charge in [-0.3, -0.25) is 0 Å². The minimum Gasteiger partial charge on any atom is -0.388 e. The van der Waals surface area contributed by atoms with Crippen molar-refractivity contribution in [3.63, 3.8) is 0 Å². The molecule has 2 rings (SSSR count). The Balaban J connectivity index is 2.09. The second kappa shape index (κ2) is 6.02. The van der Waals surface area contributed by atoms with Gasteiger partial charge in [-0.15, -0.1) is 0 Å². The largest absolute Gasteiger partial charge is 0.388 e. The molecular formula is C14H22N4O. The lowest BCUT2D eigenvalue weighted by molar-refractivity contribution is 0.173. The topological polar surface area (TPSA) is 55.9 Å². The maximum atomic E-state index is 9.80. The highest BCUT2D eigenvalue weighted by atomic mass is 16.3. The molecule has 0 saturated carbocycles. The second-order valence-electron chi connectivity index (χ2n) is 5.29. The summed E-state index contributed by atoms with van der Waals surface area (Å²) in [4.78, 5) is 4.31. The van der Waals surface area contributed by atoms with Crippen LogP contribution in [0.25, 0.3) is 0 Å². The second-order valence-corrected chi connectivity index (χ2v) is 5.29. The predicted molar refractivity (Wildman–Crippen MR) is 73.6 cm³/mol. The molecule has 1 atom stereocenters. The van der Waals surface area contributed by atoms with Crippen LogP contribution < -0.4 is 0 Å². The van der Waals surface area contributed by atoms with Crippen LogP contribution in [0, 0.1) is 5.92 Å². The molecule has 2 aromatic heterocycles. The van der Waals surface area contributed by atoms with Crippen molar-refractivity contribution in [3.8, 4) is 0 Å². The van der Waals surface area contributed by atoms with Gasteiger partial charge in [0.15, 0.2) is 0 Å². The van der Waals surface area contributed by atoms with Gasteiger partial charge in [0.05, 0.1) is 12.6 Å². The number of aliphatic hydroxyl groups is 1. The van der Waals surface area contributed by atoms with Crippen LogP contribution in [-0.4, -0.2) is 24.4 Å². The van der Waals surface area contributed by atoms with E-state index in [1.54, 1.807) is 6.33 Å². The average molecular weight is 262 g/mol. The summed E-state index contributed by atoms with van der Waals surface area (Å²) in [5.74, 6) is 1.49. The number of aliphatic hydroxyl groups excluding tert-OH is 1. The maximum Gasteiger partial charge on any atom is 0.146 e. The summed E-state index contributed by atoms with van der Waals surface area (Å²) in [6.45, 7) is 7.86. The summed E-state index contributed by atoms with van der Waals surface area (Å²) in [5, 5.41) is 14.0. The molecule has 0 aliphatic heterocycles. The number of rotatable bonds is 6. The third-order valence-corrected chi connectivity index (χ3v) is 3.10. The van der Waals surface area contributed by atoms with Gasteiger partial charge in [0.1, 0.15) is 12.2 Å². The molecule has 0 saturated heterocycles. The van der Waals surface area contributed by atoms with Gasteiger partial charge in [0.2, 0.25) is 0 Å². The molecule has 0 amide bonds. The van der Waals surface area contributed by atoms with Crippen LogP contribution in [0.1, 0.15) is 44.7 Å². The molecule has 1 unspecified atom stereocenters. The van der Waals surface area contributed by atoms with Crippen molar-refractivity contribution in [2.45, 2.75) is 46.4 Å². The molecule has 0 aliphatic carbocycles. The highest BCUT2D eigenvalue weighted by Crippen LogP contribution is 2.16. The third kappa shape index (κ3) is 3.44. The third-order valence-electron chi connectivity index (χ3n) is 3.10. The van der Waals surface area contributed by atoms with Gasteiger partial charge in [0.25, 0.3) is 0 Å². The van der Waals surface area contributed by atoms with E-state index in [1.807, 2.05) is 34.6 Å². The standard InChI is InChI=1S/C14H22N4O/c1-4-13(19)12-5-6-17(8-12)9-14-15-10-16-18(14)7-11(2)3/h5-6,8,10-11,13,19H,4,7,9H2,1-3H3. The Labute approximate surface area is 113 Å². The smallest absolute Gasteiger partial charge is 0.146 e. The molecule has 0 spiro atoms. The molecule has 1 N–H and O–H groups in total. The lowest BCUT2D eigenvalue weighted by Gasteiger charge is -2.09. The van der Waals surface area contributed by atoms with Crippen LogP contribution in [0.4, 0.5) is 0 Å². The van der Waals surface area contributed by atoms with Crippen molar-refractivity contribution in [2.75, 3.05) is 0 Å². The van der Waals surface area contributed by atoms with E-state index < -0.39 is 0 Å². The number of hydrogen-bond donors (Lipinski definition) is 1. The zero-order chi connectivity index (χ0) is 13.8. The molecule has 5 heteroatoms. The van der Waals surface area contributed by atoms with Gasteiger partial charge in [-0.1, -0.05) is 20.8 Å². The van der Waals surface area contributed by atoms with E-state index in [-0.39, 0.29) is 6.10 Å². The number of nitrogens with zero attached hydrogens (tertiary/aromatic N) is 4. The number of aromatic nitrogens is 4. The molecule has 5 nitrogen and oxygen atoms in total.